The summed E-state index contributed by atoms with van der Waals surface area (Å²) >= 11 is 0. The summed E-state index contributed by atoms with van der Waals surface area (Å²) in [6.07, 6.45) is 7.46. The van der Waals surface area contributed by atoms with Gasteiger partial charge in [0.2, 0.25) is 0 Å². The van der Waals surface area contributed by atoms with Crippen LogP contribution in [-0.4, -0.2) is 34.5 Å². The number of carbonyl (C=O) groups excluding carboxylic acids is 2. The van der Waals surface area contributed by atoms with Crippen molar-refractivity contribution in [3.8, 4) is 6.07 Å². The number of rotatable bonds is 2. The van der Waals surface area contributed by atoms with Crippen molar-refractivity contribution in [2.75, 3.05) is 6.61 Å². The number of aliphatic hydroxyl groups excluding tert-OH is 2. The summed E-state index contributed by atoms with van der Waals surface area (Å²) in [5.74, 6) is -0.827. The van der Waals surface area contributed by atoms with Gasteiger partial charge >= 0.3 is 0 Å². The number of nitrogens with zero attached hydrogens (tertiary/aromatic N) is 1. The number of hydrogen-bond donors (Lipinski definition) is 2. The van der Waals surface area contributed by atoms with Gasteiger partial charge in [0.15, 0.2) is 11.6 Å². The number of allylic oxidation sites excluding steroid dienone is 4. The van der Waals surface area contributed by atoms with E-state index in [0.29, 0.717) is 12.8 Å². The second kappa shape index (κ2) is 6.12. The molecule has 0 bridgehead atoms. The summed E-state index contributed by atoms with van der Waals surface area (Å²) in [6.45, 7) is 3.59. The van der Waals surface area contributed by atoms with Crippen LogP contribution in [0.15, 0.2) is 23.8 Å². The van der Waals surface area contributed by atoms with Gasteiger partial charge in [-0.15, -0.1) is 0 Å². The van der Waals surface area contributed by atoms with Gasteiger partial charge in [0.25, 0.3) is 0 Å². The highest BCUT2D eigenvalue weighted by atomic mass is 16.3. The highest BCUT2D eigenvalue weighted by Crippen LogP contribution is 2.67. The Morgan fingerprint density at radius 2 is 2.15 bits per heavy atom. The summed E-state index contributed by atoms with van der Waals surface area (Å²) in [6, 6.07) is 2.31. The number of Topliss-reactive ketones (excluding diaryl/α,β-unsaturated/α-hetero) is 1. The maximum atomic E-state index is 12.5. The standard InChI is InChI=1S/C22H27NO4/c1-21-6-5-14(25)8-13(21)3-4-15-16-7-12(10-23)19(18(27)11-24)22(16,2)9-17(26)20(15)21/h5-6,8,12,15-17,19-20,24,26H,3-4,7,9,11H2,1-2H3/t12?,15-,16-,17?,19+,20+,21-,22-/m0/s1. The summed E-state index contributed by atoms with van der Waals surface area (Å²) in [5, 5.41) is 30.3. The van der Waals surface area contributed by atoms with E-state index < -0.39 is 30.0 Å². The third-order valence-corrected chi connectivity index (χ3v) is 8.22. The minimum absolute atomic E-state index is 0.00933. The fourth-order valence-corrected chi connectivity index (χ4v) is 7.19. The Hall–Kier alpha value is -1.77. The van der Waals surface area contributed by atoms with Gasteiger partial charge in [0, 0.05) is 17.3 Å². The van der Waals surface area contributed by atoms with Gasteiger partial charge in [-0.2, -0.15) is 5.26 Å². The van der Waals surface area contributed by atoms with Crippen LogP contribution >= 0.6 is 0 Å². The van der Waals surface area contributed by atoms with Crippen LogP contribution in [0.1, 0.15) is 39.5 Å². The molecule has 3 fully saturated rings. The van der Waals surface area contributed by atoms with Crippen molar-refractivity contribution >= 4 is 11.6 Å². The van der Waals surface area contributed by atoms with E-state index in [0.717, 1.165) is 18.4 Å². The molecule has 27 heavy (non-hydrogen) atoms. The summed E-state index contributed by atoms with van der Waals surface area (Å²) in [4.78, 5) is 24.3. The van der Waals surface area contributed by atoms with Crippen molar-refractivity contribution in [1.82, 2.24) is 0 Å². The molecule has 8 atom stereocenters. The first-order valence-electron chi connectivity index (χ1n) is 9.91. The molecule has 0 aliphatic heterocycles. The Morgan fingerprint density at radius 1 is 1.41 bits per heavy atom. The number of aliphatic hydroxyl groups is 2. The average Bonchev–Trinajstić information content (AvgIpc) is 2.93. The van der Waals surface area contributed by atoms with E-state index in [9.17, 15) is 25.1 Å². The lowest BCUT2D eigenvalue weighted by Gasteiger charge is -2.58. The van der Waals surface area contributed by atoms with Gasteiger partial charge in [0.05, 0.1) is 18.1 Å². The van der Waals surface area contributed by atoms with Gasteiger partial charge < -0.3 is 10.2 Å². The molecule has 2 N–H and O–H groups in total. The van der Waals surface area contributed by atoms with Crippen LogP contribution in [0.2, 0.25) is 0 Å². The fourth-order valence-electron chi connectivity index (χ4n) is 7.19. The van der Waals surface area contributed by atoms with E-state index in [4.69, 9.17) is 0 Å². The molecule has 3 saturated carbocycles. The zero-order valence-corrected chi connectivity index (χ0v) is 15.9. The number of fused-ring (bicyclic) bond motifs is 5. The molecule has 0 radical (unpaired) electrons. The van der Waals surface area contributed by atoms with E-state index in [2.05, 4.69) is 13.0 Å². The van der Waals surface area contributed by atoms with Crippen LogP contribution in [0.3, 0.4) is 0 Å². The molecule has 5 heteroatoms. The maximum Gasteiger partial charge on any atom is 0.178 e. The molecule has 2 unspecified atom stereocenters. The average molecular weight is 369 g/mol. The van der Waals surface area contributed by atoms with E-state index >= 15 is 0 Å². The molecule has 0 heterocycles. The number of nitriles is 1. The van der Waals surface area contributed by atoms with Gasteiger partial charge in [-0.3, -0.25) is 9.59 Å². The quantitative estimate of drug-likeness (QED) is 0.777. The number of carbonyl (C=O) groups is 2. The minimum atomic E-state index is -0.603. The van der Waals surface area contributed by atoms with E-state index in [1.165, 1.54) is 0 Å². The lowest BCUT2D eigenvalue weighted by molar-refractivity contribution is -0.142. The third-order valence-electron chi connectivity index (χ3n) is 8.22. The van der Waals surface area contributed by atoms with Crippen LogP contribution in [0.25, 0.3) is 0 Å². The first kappa shape index (κ1) is 18.6. The van der Waals surface area contributed by atoms with Crippen LogP contribution in [-0.2, 0) is 9.59 Å². The smallest absolute Gasteiger partial charge is 0.178 e. The molecule has 0 aromatic heterocycles. The van der Waals surface area contributed by atoms with Crippen LogP contribution in [0, 0.1) is 51.8 Å². The Morgan fingerprint density at radius 3 is 2.81 bits per heavy atom. The third kappa shape index (κ3) is 2.43. The van der Waals surface area contributed by atoms with Gasteiger partial charge in [0.1, 0.15) is 6.61 Å². The van der Waals surface area contributed by atoms with Gasteiger partial charge in [-0.05, 0) is 55.1 Å². The lowest BCUT2D eigenvalue weighted by atomic mass is 9.46. The Labute approximate surface area is 159 Å². The molecular weight excluding hydrogens is 342 g/mol. The molecule has 4 aliphatic carbocycles. The van der Waals surface area contributed by atoms with Crippen molar-refractivity contribution in [3.63, 3.8) is 0 Å². The fraction of sp³-hybridized carbons (Fsp3) is 0.682. The molecule has 0 aromatic carbocycles. The normalized spacial score (nSPS) is 48.1. The maximum absolute atomic E-state index is 12.5. The molecule has 0 saturated heterocycles. The van der Waals surface area contributed by atoms with Crippen LogP contribution in [0.5, 0.6) is 0 Å². The Balaban J connectivity index is 1.76. The lowest BCUT2D eigenvalue weighted by Crippen LogP contribution is -2.56. The zero-order valence-electron chi connectivity index (χ0n) is 15.9. The van der Waals surface area contributed by atoms with Gasteiger partial charge in [-0.1, -0.05) is 25.5 Å². The summed E-state index contributed by atoms with van der Waals surface area (Å²) in [5.41, 5.74) is 0.280. The molecule has 144 valence electrons. The Bertz CT molecular complexity index is 793. The van der Waals surface area contributed by atoms with Crippen molar-refractivity contribution in [1.29, 1.82) is 5.26 Å². The highest BCUT2D eigenvalue weighted by molar-refractivity contribution is 6.01. The predicted octanol–water partition coefficient (Wildman–Crippen LogP) is 2.19. The van der Waals surface area contributed by atoms with E-state index in [1.807, 2.05) is 13.0 Å². The minimum Gasteiger partial charge on any atom is -0.393 e. The molecule has 0 aromatic rings. The topological polar surface area (TPSA) is 98.4 Å². The highest BCUT2D eigenvalue weighted by Gasteiger charge is 2.64. The first-order chi connectivity index (χ1) is 12.8. The SMILES string of the molecule is C[C@]12CC(O)[C@H]3[C@@H](CCC4=CC(=O)C=C[C@@]43C)[C@@H]1CC(C#N)[C@@H]2C(=O)CO. The summed E-state index contributed by atoms with van der Waals surface area (Å²) < 4.78 is 0. The number of ketones is 2. The molecule has 4 rings (SSSR count). The monoisotopic (exact) mass is 369 g/mol. The van der Waals surface area contributed by atoms with Gasteiger partial charge in [-0.25, -0.2) is 0 Å². The largest absolute Gasteiger partial charge is 0.393 e. The molecule has 4 aliphatic rings. The van der Waals surface area contributed by atoms with E-state index in [1.54, 1.807) is 12.2 Å². The van der Waals surface area contributed by atoms with Crippen molar-refractivity contribution in [2.45, 2.75) is 45.6 Å². The zero-order chi connectivity index (χ0) is 19.6. The number of hydrogen-bond acceptors (Lipinski definition) is 5. The molecule has 0 spiro atoms. The second-order valence-corrected chi connectivity index (χ2v) is 9.37. The molecule has 5 nitrogen and oxygen atoms in total. The van der Waals surface area contributed by atoms with Crippen molar-refractivity contribution in [2.24, 2.45) is 40.4 Å². The van der Waals surface area contributed by atoms with E-state index in [-0.39, 0.29) is 34.7 Å². The summed E-state index contributed by atoms with van der Waals surface area (Å²) in [7, 11) is 0. The van der Waals surface area contributed by atoms with Crippen LogP contribution < -0.4 is 0 Å². The Kier molecular flexibility index (Phi) is 4.21. The predicted molar refractivity (Wildman–Crippen MR) is 98.1 cm³/mol. The molecule has 0 amide bonds. The van der Waals surface area contributed by atoms with Crippen molar-refractivity contribution in [3.05, 3.63) is 23.8 Å². The second-order valence-electron chi connectivity index (χ2n) is 9.37. The first-order valence-corrected chi connectivity index (χ1v) is 9.91. The van der Waals surface area contributed by atoms with Crippen molar-refractivity contribution < 1.29 is 19.8 Å². The van der Waals surface area contributed by atoms with Crippen LogP contribution in [0.4, 0.5) is 0 Å². The molecular formula is C22H27NO4.